The highest BCUT2D eigenvalue weighted by Gasteiger charge is 2.26. The SMILES string of the molecule is [2H]c1nc(Br)c(C(C)(F)F)c([2H])c1[2H]. The van der Waals surface area contributed by atoms with Crippen molar-refractivity contribution in [1.82, 2.24) is 4.98 Å². The van der Waals surface area contributed by atoms with Crippen LogP contribution >= 0.6 is 15.9 Å². The van der Waals surface area contributed by atoms with E-state index in [-0.39, 0.29) is 4.60 Å². The van der Waals surface area contributed by atoms with Gasteiger partial charge in [0.1, 0.15) is 4.60 Å². The van der Waals surface area contributed by atoms with Crippen LogP contribution in [0.15, 0.2) is 22.9 Å². The normalized spacial score (nSPS) is 15.5. The maximum absolute atomic E-state index is 13.0. The summed E-state index contributed by atoms with van der Waals surface area (Å²) in [5.74, 6) is -3.24. The van der Waals surface area contributed by atoms with E-state index in [4.69, 9.17) is 4.11 Å². The maximum Gasteiger partial charge on any atom is 0.273 e. The van der Waals surface area contributed by atoms with Crippen molar-refractivity contribution in [2.45, 2.75) is 12.8 Å². The average molecular weight is 225 g/mol. The molecule has 0 saturated heterocycles. The zero-order chi connectivity index (χ0) is 11.1. The molecule has 0 radical (unpaired) electrons. The van der Waals surface area contributed by atoms with Gasteiger partial charge in [0.05, 0.1) is 9.68 Å². The Morgan fingerprint density at radius 1 is 1.73 bits per heavy atom. The number of hydrogen-bond acceptors (Lipinski definition) is 1. The standard InChI is InChI=1S/C7H6BrF2N/c1-7(9,10)5-3-2-4-11-6(5)8/h2-4H,1H3/i2D,3D,4D. The molecule has 0 aliphatic heterocycles. The van der Waals surface area contributed by atoms with Gasteiger partial charge in [-0.2, -0.15) is 0 Å². The molecule has 4 heteroatoms. The summed E-state index contributed by atoms with van der Waals surface area (Å²) in [6.07, 6.45) is -0.491. The quantitative estimate of drug-likeness (QED) is 0.669. The number of hydrogen-bond donors (Lipinski definition) is 0. The molecule has 0 unspecified atom stereocenters. The topological polar surface area (TPSA) is 12.9 Å². The average Bonchev–Trinajstić information content (AvgIpc) is 1.97. The summed E-state index contributed by atoms with van der Waals surface area (Å²) in [4.78, 5) is 3.40. The monoisotopic (exact) mass is 224 g/mol. The van der Waals surface area contributed by atoms with Crippen LogP contribution in [0.4, 0.5) is 8.78 Å². The number of halogens is 3. The lowest BCUT2D eigenvalue weighted by molar-refractivity contribution is 0.0163. The van der Waals surface area contributed by atoms with Crippen LogP contribution in [-0.4, -0.2) is 4.98 Å². The summed E-state index contributed by atoms with van der Waals surface area (Å²) in [7, 11) is 0. The van der Waals surface area contributed by atoms with Gasteiger partial charge in [0.25, 0.3) is 5.92 Å². The van der Waals surface area contributed by atoms with Crippen molar-refractivity contribution < 1.29 is 12.9 Å². The van der Waals surface area contributed by atoms with Gasteiger partial charge < -0.3 is 0 Å². The Hall–Kier alpha value is -0.510. The van der Waals surface area contributed by atoms with Gasteiger partial charge in [0.15, 0.2) is 0 Å². The van der Waals surface area contributed by atoms with Gasteiger partial charge in [0, 0.05) is 13.1 Å². The minimum atomic E-state index is -3.24. The lowest BCUT2D eigenvalue weighted by Crippen LogP contribution is -2.08. The molecule has 1 aromatic rings. The van der Waals surface area contributed by atoms with Crippen LogP contribution in [0.5, 0.6) is 0 Å². The second-order valence-corrected chi connectivity index (χ2v) is 2.78. The van der Waals surface area contributed by atoms with Crippen LogP contribution < -0.4 is 0 Å². The Morgan fingerprint density at radius 3 is 2.91 bits per heavy atom. The maximum atomic E-state index is 13.0. The van der Waals surface area contributed by atoms with E-state index >= 15 is 0 Å². The first-order valence-corrected chi connectivity index (χ1v) is 3.56. The van der Waals surface area contributed by atoms with Gasteiger partial charge in [-0.05, 0) is 28.0 Å². The highest BCUT2D eigenvalue weighted by Crippen LogP contribution is 2.30. The van der Waals surface area contributed by atoms with Gasteiger partial charge in [0.2, 0.25) is 0 Å². The molecule has 0 N–H and O–H groups in total. The third-order valence-electron chi connectivity index (χ3n) is 1.04. The molecule has 1 rings (SSSR count). The highest BCUT2D eigenvalue weighted by molar-refractivity contribution is 9.10. The zero-order valence-corrected chi connectivity index (χ0v) is 7.17. The van der Waals surface area contributed by atoms with Gasteiger partial charge in [-0.15, -0.1) is 0 Å². The fourth-order valence-electron chi connectivity index (χ4n) is 0.566. The van der Waals surface area contributed by atoms with Crippen LogP contribution in [0.2, 0.25) is 0 Å². The fraction of sp³-hybridized carbons (Fsp3) is 0.286. The summed E-state index contributed by atoms with van der Waals surface area (Å²) in [5.41, 5.74) is -0.654. The molecule has 0 fully saturated rings. The minimum Gasteiger partial charge on any atom is -0.249 e. The first kappa shape index (κ1) is 5.19. The third-order valence-corrected chi connectivity index (χ3v) is 1.62. The molecular formula is C7H6BrF2N. The van der Waals surface area contributed by atoms with Crippen molar-refractivity contribution in [3.8, 4) is 0 Å². The molecule has 60 valence electrons. The van der Waals surface area contributed by atoms with Crippen molar-refractivity contribution in [3.05, 3.63) is 28.4 Å². The summed E-state index contributed by atoms with van der Waals surface area (Å²) < 4.78 is 47.2. The molecule has 0 amide bonds. The number of aromatic nitrogens is 1. The molecule has 1 aromatic heterocycles. The van der Waals surface area contributed by atoms with Crippen LogP contribution in [-0.2, 0) is 5.92 Å². The lowest BCUT2D eigenvalue weighted by Gasteiger charge is -2.10. The summed E-state index contributed by atoms with van der Waals surface area (Å²) >= 11 is 2.75. The molecule has 1 nitrogen and oxygen atoms in total. The van der Waals surface area contributed by atoms with E-state index in [0.29, 0.717) is 6.92 Å². The predicted octanol–water partition coefficient (Wildman–Crippen LogP) is 2.96. The van der Waals surface area contributed by atoms with Crippen molar-refractivity contribution in [2.24, 2.45) is 0 Å². The molecule has 0 aliphatic rings. The van der Waals surface area contributed by atoms with Crippen molar-refractivity contribution in [1.29, 1.82) is 0 Å². The van der Waals surface area contributed by atoms with E-state index in [0.717, 1.165) is 0 Å². The molecule has 0 spiro atoms. The van der Waals surface area contributed by atoms with Gasteiger partial charge in [-0.25, -0.2) is 13.8 Å². The second-order valence-electron chi connectivity index (χ2n) is 2.03. The second kappa shape index (κ2) is 2.85. The molecule has 11 heavy (non-hydrogen) atoms. The fourth-order valence-corrected chi connectivity index (χ4v) is 1.10. The smallest absolute Gasteiger partial charge is 0.249 e. The summed E-state index contributed by atoms with van der Waals surface area (Å²) in [5, 5.41) is 0. The first-order chi connectivity index (χ1) is 6.25. The van der Waals surface area contributed by atoms with E-state index in [2.05, 4.69) is 20.9 Å². The number of rotatable bonds is 1. The van der Waals surface area contributed by atoms with E-state index in [1.54, 1.807) is 0 Å². The largest absolute Gasteiger partial charge is 0.273 e. The van der Waals surface area contributed by atoms with Gasteiger partial charge >= 0.3 is 0 Å². The Morgan fingerprint density at radius 2 is 2.36 bits per heavy atom. The summed E-state index contributed by atoms with van der Waals surface area (Å²) in [6, 6.07) is -1.26. The molecular weight excluding hydrogens is 216 g/mol. The van der Waals surface area contributed by atoms with Crippen molar-refractivity contribution in [2.75, 3.05) is 0 Å². The number of nitrogens with zero attached hydrogens (tertiary/aromatic N) is 1. The lowest BCUT2D eigenvalue weighted by atomic mass is 10.2. The van der Waals surface area contributed by atoms with Gasteiger partial charge in [-0.1, -0.05) is 0 Å². The molecule has 0 bridgehead atoms. The third kappa shape index (κ3) is 1.96. The van der Waals surface area contributed by atoms with E-state index < -0.39 is 29.7 Å². The number of alkyl halides is 2. The van der Waals surface area contributed by atoms with Crippen LogP contribution in [0.1, 0.15) is 16.6 Å². The molecule has 0 atom stereocenters. The Bertz CT molecular complexity index is 378. The molecule has 0 aromatic carbocycles. The van der Waals surface area contributed by atoms with Gasteiger partial charge in [-0.3, -0.25) is 0 Å². The Balaban J connectivity index is 3.53. The predicted molar refractivity (Wildman–Crippen MR) is 41.5 cm³/mol. The Kier molecular flexibility index (Phi) is 1.35. The Labute approximate surface area is 75.8 Å². The zero-order valence-electron chi connectivity index (χ0n) is 8.58. The highest BCUT2D eigenvalue weighted by atomic mass is 79.9. The molecule has 0 aliphatic carbocycles. The van der Waals surface area contributed by atoms with E-state index in [1.165, 1.54) is 0 Å². The minimum absolute atomic E-state index is 0.254. The first-order valence-electron chi connectivity index (χ1n) is 4.26. The van der Waals surface area contributed by atoms with Crippen LogP contribution in [0.3, 0.4) is 0 Å². The molecule has 0 saturated carbocycles. The number of pyridine rings is 1. The van der Waals surface area contributed by atoms with Crippen LogP contribution in [0, 0.1) is 0 Å². The van der Waals surface area contributed by atoms with Crippen molar-refractivity contribution in [3.63, 3.8) is 0 Å². The van der Waals surface area contributed by atoms with Crippen LogP contribution in [0.25, 0.3) is 0 Å². The van der Waals surface area contributed by atoms with E-state index in [1.807, 2.05) is 0 Å². The summed E-state index contributed by atoms with van der Waals surface area (Å²) in [6.45, 7) is 0.621. The van der Waals surface area contributed by atoms with Crippen molar-refractivity contribution >= 4 is 15.9 Å². The molecule has 1 heterocycles. The van der Waals surface area contributed by atoms with E-state index in [9.17, 15) is 8.78 Å².